The minimum atomic E-state index is -0.221. The van der Waals surface area contributed by atoms with Crippen LogP contribution >= 0.6 is 0 Å². The van der Waals surface area contributed by atoms with E-state index in [0.717, 1.165) is 17.7 Å². The van der Waals surface area contributed by atoms with Crippen molar-refractivity contribution in [3.05, 3.63) is 41.5 Å². The van der Waals surface area contributed by atoms with Crippen molar-refractivity contribution in [3.8, 4) is 5.75 Å². The molecule has 20 heavy (non-hydrogen) atoms. The Morgan fingerprint density at radius 3 is 2.85 bits per heavy atom. The van der Waals surface area contributed by atoms with E-state index in [-0.39, 0.29) is 5.54 Å². The maximum atomic E-state index is 5.94. The van der Waals surface area contributed by atoms with E-state index in [4.69, 9.17) is 15.0 Å². The first-order valence-corrected chi connectivity index (χ1v) is 6.69. The Bertz CT molecular complexity index is 558. The van der Waals surface area contributed by atoms with Gasteiger partial charge < -0.3 is 15.0 Å². The van der Waals surface area contributed by atoms with Crippen LogP contribution in [0.3, 0.4) is 0 Å². The monoisotopic (exact) mass is 275 g/mol. The van der Waals surface area contributed by atoms with E-state index in [1.807, 2.05) is 38.1 Å². The zero-order valence-electron chi connectivity index (χ0n) is 12.2. The van der Waals surface area contributed by atoms with Gasteiger partial charge in [-0.3, -0.25) is 0 Å². The highest BCUT2D eigenvalue weighted by Crippen LogP contribution is 2.15. The Hall–Kier alpha value is -1.88. The molecule has 1 aromatic heterocycles. The molecule has 0 unspecified atom stereocenters. The number of aromatic nitrogens is 2. The van der Waals surface area contributed by atoms with E-state index >= 15 is 0 Å². The fourth-order valence-corrected chi connectivity index (χ4v) is 1.86. The summed E-state index contributed by atoms with van der Waals surface area (Å²) >= 11 is 0. The molecule has 2 rings (SSSR count). The quantitative estimate of drug-likeness (QED) is 0.875. The van der Waals surface area contributed by atoms with Gasteiger partial charge in [-0.25, -0.2) is 0 Å². The standard InChI is InChI=1S/C15H21N3O2/c1-15(2,16)8-7-14-17-13(18-20-14)10-11-5-4-6-12(9-11)19-3/h4-6,9H,7-8,10,16H2,1-3H3. The molecule has 1 heterocycles. The lowest BCUT2D eigenvalue weighted by atomic mass is 10.0. The van der Waals surface area contributed by atoms with Crippen LogP contribution < -0.4 is 10.5 Å². The lowest BCUT2D eigenvalue weighted by molar-refractivity contribution is 0.355. The van der Waals surface area contributed by atoms with Crippen molar-refractivity contribution in [2.24, 2.45) is 5.73 Å². The Kier molecular flexibility index (Phi) is 4.39. The number of hydrogen-bond donors (Lipinski definition) is 1. The second-order valence-electron chi connectivity index (χ2n) is 5.62. The predicted octanol–water partition coefficient (Wildman–Crippen LogP) is 2.34. The molecular weight excluding hydrogens is 254 g/mol. The molecule has 0 fully saturated rings. The third-order valence-corrected chi connectivity index (χ3v) is 2.99. The van der Waals surface area contributed by atoms with Crippen LogP contribution in [-0.2, 0) is 12.8 Å². The van der Waals surface area contributed by atoms with E-state index in [1.54, 1.807) is 7.11 Å². The first kappa shape index (κ1) is 14.5. The predicted molar refractivity (Wildman–Crippen MR) is 76.7 cm³/mol. The Balaban J connectivity index is 1.98. The van der Waals surface area contributed by atoms with Crippen molar-refractivity contribution in [1.82, 2.24) is 10.1 Å². The molecule has 5 nitrogen and oxygen atoms in total. The zero-order chi connectivity index (χ0) is 14.6. The Labute approximate surface area is 119 Å². The summed E-state index contributed by atoms with van der Waals surface area (Å²) in [5.74, 6) is 2.15. The number of benzene rings is 1. The van der Waals surface area contributed by atoms with Gasteiger partial charge in [0.2, 0.25) is 5.89 Å². The van der Waals surface area contributed by atoms with Crippen LogP contribution in [0.15, 0.2) is 28.8 Å². The molecule has 0 aliphatic heterocycles. The third-order valence-electron chi connectivity index (χ3n) is 2.99. The summed E-state index contributed by atoms with van der Waals surface area (Å²) in [6.07, 6.45) is 2.15. The maximum Gasteiger partial charge on any atom is 0.226 e. The molecular formula is C15H21N3O2. The summed E-state index contributed by atoms with van der Waals surface area (Å²) in [5.41, 5.74) is 6.81. The highest BCUT2D eigenvalue weighted by atomic mass is 16.5. The molecule has 0 bridgehead atoms. The normalized spacial score (nSPS) is 11.6. The highest BCUT2D eigenvalue weighted by molar-refractivity contribution is 5.30. The molecule has 0 aliphatic rings. The van der Waals surface area contributed by atoms with Crippen molar-refractivity contribution in [1.29, 1.82) is 0 Å². The van der Waals surface area contributed by atoms with Gasteiger partial charge in [0.25, 0.3) is 0 Å². The molecule has 0 aliphatic carbocycles. The summed E-state index contributed by atoms with van der Waals surface area (Å²) < 4.78 is 10.4. The van der Waals surface area contributed by atoms with Crippen LogP contribution in [0, 0.1) is 0 Å². The lowest BCUT2D eigenvalue weighted by Crippen LogP contribution is -2.32. The summed E-state index contributed by atoms with van der Waals surface area (Å²) in [6, 6.07) is 7.85. The first-order valence-electron chi connectivity index (χ1n) is 6.69. The van der Waals surface area contributed by atoms with Gasteiger partial charge in [-0.1, -0.05) is 17.3 Å². The SMILES string of the molecule is COc1cccc(Cc2noc(CCC(C)(C)N)n2)c1. The van der Waals surface area contributed by atoms with E-state index in [9.17, 15) is 0 Å². The Morgan fingerprint density at radius 1 is 1.35 bits per heavy atom. The average molecular weight is 275 g/mol. The number of nitrogens with zero attached hydrogens (tertiary/aromatic N) is 2. The molecule has 108 valence electrons. The number of hydrogen-bond acceptors (Lipinski definition) is 5. The molecule has 0 spiro atoms. The van der Waals surface area contributed by atoms with Gasteiger partial charge in [-0.2, -0.15) is 4.98 Å². The van der Waals surface area contributed by atoms with Crippen molar-refractivity contribution in [3.63, 3.8) is 0 Å². The summed E-state index contributed by atoms with van der Waals surface area (Å²) in [5, 5.41) is 4.00. The lowest BCUT2D eigenvalue weighted by Gasteiger charge is -2.16. The van der Waals surface area contributed by atoms with Crippen molar-refractivity contribution >= 4 is 0 Å². The van der Waals surface area contributed by atoms with Crippen LogP contribution in [0.1, 0.15) is 37.5 Å². The van der Waals surface area contributed by atoms with Crippen LogP contribution in [0.5, 0.6) is 5.75 Å². The molecule has 0 saturated carbocycles. The molecule has 2 aromatic rings. The van der Waals surface area contributed by atoms with Gasteiger partial charge in [0.05, 0.1) is 7.11 Å². The van der Waals surface area contributed by atoms with E-state index < -0.39 is 0 Å². The topological polar surface area (TPSA) is 74.2 Å². The molecule has 5 heteroatoms. The average Bonchev–Trinajstić information content (AvgIpc) is 2.83. The summed E-state index contributed by atoms with van der Waals surface area (Å²) in [7, 11) is 1.65. The molecule has 1 aromatic carbocycles. The van der Waals surface area contributed by atoms with Crippen LogP contribution in [0.4, 0.5) is 0 Å². The van der Waals surface area contributed by atoms with E-state index in [1.165, 1.54) is 0 Å². The van der Waals surface area contributed by atoms with E-state index in [2.05, 4.69) is 10.1 Å². The number of nitrogens with two attached hydrogens (primary N) is 1. The largest absolute Gasteiger partial charge is 0.497 e. The second kappa shape index (κ2) is 6.05. The van der Waals surface area contributed by atoms with E-state index in [0.29, 0.717) is 24.6 Å². The van der Waals surface area contributed by atoms with Gasteiger partial charge in [-0.15, -0.1) is 0 Å². The Morgan fingerprint density at radius 2 is 2.15 bits per heavy atom. The van der Waals surface area contributed by atoms with Gasteiger partial charge in [0, 0.05) is 18.4 Å². The van der Waals surface area contributed by atoms with Crippen LogP contribution in [0.2, 0.25) is 0 Å². The van der Waals surface area contributed by atoms with Crippen LogP contribution in [0.25, 0.3) is 0 Å². The second-order valence-corrected chi connectivity index (χ2v) is 5.62. The minimum absolute atomic E-state index is 0.221. The van der Waals surface area contributed by atoms with Gasteiger partial charge in [0.15, 0.2) is 5.82 Å². The van der Waals surface area contributed by atoms with Gasteiger partial charge in [0.1, 0.15) is 5.75 Å². The summed E-state index contributed by atoms with van der Waals surface area (Å²) in [6.45, 7) is 3.97. The maximum absolute atomic E-state index is 5.94. The van der Waals surface area contributed by atoms with Crippen molar-refractivity contribution in [2.75, 3.05) is 7.11 Å². The number of ether oxygens (including phenoxy) is 1. The molecule has 0 saturated heterocycles. The third kappa shape index (κ3) is 4.35. The highest BCUT2D eigenvalue weighted by Gasteiger charge is 2.14. The van der Waals surface area contributed by atoms with Gasteiger partial charge in [-0.05, 0) is 38.0 Å². The summed E-state index contributed by atoms with van der Waals surface area (Å²) in [4.78, 5) is 4.39. The van der Waals surface area contributed by atoms with Crippen molar-refractivity contribution < 1.29 is 9.26 Å². The van der Waals surface area contributed by atoms with Crippen LogP contribution in [-0.4, -0.2) is 22.8 Å². The number of rotatable bonds is 6. The van der Waals surface area contributed by atoms with Gasteiger partial charge >= 0.3 is 0 Å². The molecule has 0 amide bonds. The first-order chi connectivity index (χ1) is 9.46. The zero-order valence-corrected chi connectivity index (χ0v) is 12.2. The molecule has 2 N–H and O–H groups in total. The van der Waals surface area contributed by atoms with Crippen molar-refractivity contribution in [2.45, 2.75) is 38.6 Å². The number of methoxy groups -OCH3 is 1. The molecule has 0 radical (unpaired) electrons. The number of aryl methyl sites for hydroxylation is 1. The fraction of sp³-hybridized carbons (Fsp3) is 0.467. The smallest absolute Gasteiger partial charge is 0.226 e. The minimum Gasteiger partial charge on any atom is -0.497 e. The fourth-order valence-electron chi connectivity index (χ4n) is 1.86. The molecule has 0 atom stereocenters.